The number of carbonyl (C=O) groups is 2. The Morgan fingerprint density at radius 2 is 2.00 bits per heavy atom. The van der Waals surface area contributed by atoms with Crippen LogP contribution in [0.4, 0.5) is 4.79 Å². The van der Waals surface area contributed by atoms with E-state index < -0.39 is 0 Å². The smallest absolute Gasteiger partial charge is 0.290 e. The van der Waals surface area contributed by atoms with Gasteiger partial charge in [-0.2, -0.15) is 0 Å². The summed E-state index contributed by atoms with van der Waals surface area (Å²) in [6.45, 7) is 5.82. The number of thioether (sulfide) groups is 1. The van der Waals surface area contributed by atoms with Gasteiger partial charge in [0.1, 0.15) is 17.3 Å². The van der Waals surface area contributed by atoms with Crippen LogP contribution in [0, 0.1) is 0 Å². The van der Waals surface area contributed by atoms with Gasteiger partial charge in [-0.3, -0.25) is 14.9 Å². The Morgan fingerprint density at radius 3 is 2.62 bits per heavy atom. The number of nitrogens with one attached hydrogen (secondary N) is 1. The first kappa shape index (κ1) is 21.6. The molecule has 1 aromatic rings. The summed E-state index contributed by atoms with van der Waals surface area (Å²) >= 11 is 1.00. The van der Waals surface area contributed by atoms with E-state index in [9.17, 15) is 9.59 Å². The topological polar surface area (TPSA) is 77.8 Å². The molecule has 1 N–H and O–H groups in total. The number of imide groups is 1. The number of furan rings is 1. The van der Waals surface area contributed by atoms with E-state index in [1.54, 1.807) is 26.4 Å². The van der Waals surface area contributed by atoms with Gasteiger partial charge >= 0.3 is 0 Å². The third kappa shape index (κ3) is 6.84. The maximum absolute atomic E-state index is 11.3. The van der Waals surface area contributed by atoms with Crippen molar-refractivity contribution in [3.8, 4) is 0 Å². The molecule has 0 radical (unpaired) electrons. The Kier molecular flexibility index (Phi) is 9.36. The summed E-state index contributed by atoms with van der Waals surface area (Å²) in [5.74, 6) is 2.41. The van der Waals surface area contributed by atoms with Crippen LogP contribution in [-0.2, 0) is 20.7 Å². The van der Waals surface area contributed by atoms with E-state index in [-0.39, 0.29) is 17.6 Å². The fourth-order valence-corrected chi connectivity index (χ4v) is 2.81. The Bertz CT molecular complexity index is 697. The van der Waals surface area contributed by atoms with Gasteiger partial charge in [0.25, 0.3) is 5.24 Å². The molecule has 6 nitrogen and oxygen atoms in total. The lowest BCUT2D eigenvalue weighted by Crippen LogP contribution is -2.30. The minimum atomic E-state index is -0.361. The standard InChI is InChI=1S/C17H19NO5S.C2H6/c1-11(21-2)15(22-3)6-4-5-12-7-8-13(23-12)9-14-10-16(19)18-17(20)24-14;1-2/h4,6-9H,5,10H2,1-3H3,(H,18,19,20);1-2H3/b6-4-,14-9?,15-11-;. The molecule has 0 aliphatic carbocycles. The molecule has 1 saturated heterocycles. The van der Waals surface area contributed by atoms with E-state index in [1.165, 1.54) is 0 Å². The third-order valence-electron chi connectivity index (χ3n) is 3.25. The average Bonchev–Trinajstić information content (AvgIpc) is 3.06. The number of rotatable bonds is 6. The highest BCUT2D eigenvalue weighted by molar-refractivity contribution is 8.17. The molecule has 2 heterocycles. The zero-order valence-corrected chi connectivity index (χ0v) is 16.6. The lowest BCUT2D eigenvalue weighted by Gasteiger charge is -2.11. The lowest BCUT2D eigenvalue weighted by molar-refractivity contribution is -0.119. The summed E-state index contributed by atoms with van der Waals surface area (Å²) in [7, 11) is 3.17. The first-order chi connectivity index (χ1) is 12.5. The van der Waals surface area contributed by atoms with Gasteiger partial charge in [0.2, 0.25) is 5.91 Å². The third-order valence-corrected chi connectivity index (χ3v) is 4.06. The monoisotopic (exact) mass is 379 g/mol. The van der Waals surface area contributed by atoms with E-state index in [0.29, 0.717) is 28.6 Å². The van der Waals surface area contributed by atoms with E-state index in [2.05, 4.69) is 5.32 Å². The molecule has 2 rings (SSSR count). The first-order valence-corrected chi connectivity index (χ1v) is 9.09. The van der Waals surface area contributed by atoms with Gasteiger partial charge in [0, 0.05) is 11.3 Å². The molecule has 0 aromatic carbocycles. The Labute approximate surface area is 158 Å². The lowest BCUT2D eigenvalue weighted by atomic mass is 10.3. The molecule has 1 aliphatic rings. The van der Waals surface area contributed by atoms with Crippen molar-refractivity contribution in [1.82, 2.24) is 5.32 Å². The second-order valence-electron chi connectivity index (χ2n) is 4.96. The normalized spacial score (nSPS) is 16.7. The molecule has 7 heteroatoms. The number of amides is 2. The number of allylic oxidation sites excluding steroid dienone is 3. The largest absolute Gasteiger partial charge is 0.498 e. The summed E-state index contributed by atoms with van der Waals surface area (Å²) in [6.07, 6.45) is 6.21. The van der Waals surface area contributed by atoms with Crippen LogP contribution in [0.2, 0.25) is 0 Å². The van der Waals surface area contributed by atoms with Crippen molar-refractivity contribution in [2.45, 2.75) is 33.6 Å². The minimum Gasteiger partial charge on any atom is -0.498 e. The molecule has 0 unspecified atom stereocenters. The van der Waals surface area contributed by atoms with Crippen molar-refractivity contribution in [2.75, 3.05) is 14.2 Å². The minimum absolute atomic E-state index is 0.185. The molecule has 0 bridgehead atoms. The predicted molar refractivity (Wildman–Crippen MR) is 103 cm³/mol. The summed E-state index contributed by atoms with van der Waals surface area (Å²) in [4.78, 5) is 23.3. The molecular formula is C19H25NO5S. The maximum atomic E-state index is 11.3. The van der Waals surface area contributed by atoms with Crippen LogP contribution < -0.4 is 5.32 Å². The number of ether oxygens (including phenoxy) is 2. The summed E-state index contributed by atoms with van der Waals surface area (Å²) in [6, 6.07) is 3.66. The van der Waals surface area contributed by atoms with Gasteiger partial charge in [-0.25, -0.2) is 0 Å². The van der Waals surface area contributed by atoms with Gasteiger partial charge in [-0.15, -0.1) is 0 Å². The van der Waals surface area contributed by atoms with Crippen LogP contribution in [0.5, 0.6) is 0 Å². The van der Waals surface area contributed by atoms with Gasteiger partial charge in [0.05, 0.1) is 20.6 Å². The van der Waals surface area contributed by atoms with E-state index >= 15 is 0 Å². The van der Waals surface area contributed by atoms with E-state index in [4.69, 9.17) is 13.9 Å². The predicted octanol–water partition coefficient (Wildman–Crippen LogP) is 4.64. The second kappa shape index (κ2) is 11.3. The first-order valence-electron chi connectivity index (χ1n) is 8.28. The van der Waals surface area contributed by atoms with Crippen LogP contribution in [0.3, 0.4) is 0 Å². The molecule has 26 heavy (non-hydrogen) atoms. The highest BCUT2D eigenvalue weighted by Gasteiger charge is 2.20. The highest BCUT2D eigenvalue weighted by atomic mass is 32.2. The molecule has 0 saturated carbocycles. The van der Waals surface area contributed by atoms with Crippen LogP contribution in [0.15, 0.2) is 45.1 Å². The fourth-order valence-electron chi connectivity index (χ4n) is 2.03. The SMILES string of the molecule is CC.CO/C(C)=C(/C=C\Cc1ccc(C=C2CC(=O)NC(=O)S2)o1)OC. The highest BCUT2D eigenvalue weighted by Crippen LogP contribution is 2.27. The molecule has 0 atom stereocenters. The second-order valence-corrected chi connectivity index (χ2v) is 6.06. The quantitative estimate of drug-likeness (QED) is 0.573. The van der Waals surface area contributed by atoms with E-state index in [0.717, 1.165) is 17.5 Å². The van der Waals surface area contributed by atoms with Gasteiger partial charge < -0.3 is 13.9 Å². The number of carbonyl (C=O) groups excluding carboxylic acids is 2. The number of hydrogen-bond acceptors (Lipinski definition) is 6. The van der Waals surface area contributed by atoms with Crippen LogP contribution in [-0.4, -0.2) is 25.4 Å². The van der Waals surface area contributed by atoms with Crippen LogP contribution in [0.1, 0.15) is 38.7 Å². The van der Waals surface area contributed by atoms with Gasteiger partial charge in [-0.1, -0.05) is 19.9 Å². The molecule has 142 valence electrons. The van der Waals surface area contributed by atoms with Crippen molar-refractivity contribution in [2.24, 2.45) is 0 Å². The molecular weight excluding hydrogens is 354 g/mol. The molecule has 1 aromatic heterocycles. The Balaban J connectivity index is 0.00000163. The maximum Gasteiger partial charge on any atom is 0.290 e. The van der Waals surface area contributed by atoms with Gasteiger partial charge in [0.15, 0.2) is 5.76 Å². The van der Waals surface area contributed by atoms with E-state index in [1.807, 2.05) is 39.0 Å². The Hall–Kier alpha value is -2.41. The van der Waals surface area contributed by atoms with Crippen molar-refractivity contribution in [3.63, 3.8) is 0 Å². The summed E-state index contributed by atoms with van der Waals surface area (Å²) in [5.41, 5.74) is 0. The van der Waals surface area contributed by atoms with Crippen LogP contribution >= 0.6 is 11.8 Å². The zero-order chi connectivity index (χ0) is 19.5. The molecule has 2 amide bonds. The average molecular weight is 379 g/mol. The van der Waals surface area contributed by atoms with Crippen molar-refractivity contribution < 1.29 is 23.5 Å². The zero-order valence-electron chi connectivity index (χ0n) is 15.8. The Morgan fingerprint density at radius 1 is 1.27 bits per heavy atom. The van der Waals surface area contributed by atoms with Gasteiger partial charge in [-0.05, 0) is 43.0 Å². The van der Waals surface area contributed by atoms with Crippen molar-refractivity contribution in [1.29, 1.82) is 0 Å². The fraction of sp³-hybridized carbons (Fsp3) is 0.368. The summed E-state index contributed by atoms with van der Waals surface area (Å²) in [5, 5.41) is 1.87. The molecule has 0 spiro atoms. The number of hydrogen-bond donors (Lipinski definition) is 1. The van der Waals surface area contributed by atoms with Crippen LogP contribution in [0.25, 0.3) is 6.08 Å². The number of methoxy groups -OCH3 is 2. The summed E-state index contributed by atoms with van der Waals surface area (Å²) < 4.78 is 16.0. The molecule has 1 fully saturated rings. The molecule has 1 aliphatic heterocycles. The van der Waals surface area contributed by atoms with Crippen molar-refractivity contribution in [3.05, 3.63) is 52.2 Å². The van der Waals surface area contributed by atoms with Crippen molar-refractivity contribution >= 4 is 29.0 Å².